The Morgan fingerprint density at radius 1 is 0.800 bits per heavy atom. The molecule has 0 saturated heterocycles. The zero-order valence-electron chi connectivity index (χ0n) is 19.5. The van der Waals surface area contributed by atoms with E-state index in [0.717, 1.165) is 11.3 Å². The standard InChI is InChI=1S/C29H26ClFO4/c1-20(33-19-21-12-15-23(32-2)16-13-21)29(35-27-11-7-6-10-26(27)30)25-17-14-22(31)18-28(25)34-24-8-4-3-5-9-24/h3-18,20,29H,19H2,1-2H3/t20?,29-/m0/s1. The van der Waals surface area contributed by atoms with Crippen LogP contribution in [0.3, 0.4) is 0 Å². The second-order valence-electron chi connectivity index (χ2n) is 7.93. The molecule has 2 atom stereocenters. The highest BCUT2D eigenvalue weighted by atomic mass is 35.5. The Labute approximate surface area is 209 Å². The van der Waals surface area contributed by atoms with Crippen molar-refractivity contribution < 1.29 is 23.3 Å². The fourth-order valence-electron chi connectivity index (χ4n) is 3.57. The van der Waals surface area contributed by atoms with Crippen molar-refractivity contribution in [1.29, 1.82) is 0 Å². The van der Waals surface area contributed by atoms with E-state index in [4.69, 9.17) is 30.5 Å². The predicted molar refractivity (Wildman–Crippen MR) is 135 cm³/mol. The molecular formula is C29H26ClFO4. The molecule has 0 radical (unpaired) electrons. The molecule has 0 bridgehead atoms. The Bertz CT molecular complexity index is 1230. The van der Waals surface area contributed by atoms with E-state index in [1.54, 1.807) is 25.3 Å². The molecule has 0 aliphatic carbocycles. The molecule has 0 aromatic heterocycles. The molecule has 0 aliphatic heterocycles. The van der Waals surface area contributed by atoms with Crippen molar-refractivity contribution in [2.24, 2.45) is 0 Å². The lowest BCUT2D eigenvalue weighted by Crippen LogP contribution is -2.25. The third-order valence-electron chi connectivity index (χ3n) is 5.44. The summed E-state index contributed by atoms with van der Waals surface area (Å²) in [6.45, 7) is 2.25. The fourth-order valence-corrected chi connectivity index (χ4v) is 3.75. The van der Waals surface area contributed by atoms with E-state index in [9.17, 15) is 4.39 Å². The van der Waals surface area contributed by atoms with Crippen molar-refractivity contribution in [2.75, 3.05) is 7.11 Å². The van der Waals surface area contributed by atoms with E-state index in [-0.39, 0.29) is 0 Å². The molecule has 4 aromatic carbocycles. The van der Waals surface area contributed by atoms with Gasteiger partial charge in [-0.05, 0) is 61.0 Å². The van der Waals surface area contributed by atoms with Crippen LogP contribution in [0.1, 0.15) is 24.2 Å². The molecule has 4 aromatic rings. The number of hydrogen-bond donors (Lipinski definition) is 0. The van der Waals surface area contributed by atoms with Crippen LogP contribution in [0.4, 0.5) is 4.39 Å². The summed E-state index contributed by atoms with van der Waals surface area (Å²) >= 11 is 6.39. The van der Waals surface area contributed by atoms with Gasteiger partial charge in [-0.3, -0.25) is 0 Å². The van der Waals surface area contributed by atoms with Gasteiger partial charge < -0.3 is 18.9 Å². The number of benzene rings is 4. The first-order valence-corrected chi connectivity index (χ1v) is 11.6. The van der Waals surface area contributed by atoms with Gasteiger partial charge in [0.25, 0.3) is 0 Å². The maximum Gasteiger partial charge on any atom is 0.153 e. The van der Waals surface area contributed by atoms with Gasteiger partial charge in [-0.15, -0.1) is 0 Å². The lowest BCUT2D eigenvalue weighted by atomic mass is 10.0. The summed E-state index contributed by atoms with van der Waals surface area (Å²) in [5, 5.41) is 0.465. The maximum absolute atomic E-state index is 14.3. The van der Waals surface area contributed by atoms with Gasteiger partial charge in [-0.2, -0.15) is 0 Å². The lowest BCUT2D eigenvalue weighted by Gasteiger charge is -2.28. The zero-order valence-corrected chi connectivity index (χ0v) is 20.2. The summed E-state index contributed by atoms with van der Waals surface area (Å²) in [4.78, 5) is 0. The van der Waals surface area contributed by atoms with Gasteiger partial charge in [0.1, 0.15) is 28.8 Å². The summed E-state index contributed by atoms with van der Waals surface area (Å²) in [7, 11) is 1.63. The van der Waals surface area contributed by atoms with Crippen molar-refractivity contribution >= 4 is 11.6 Å². The highest BCUT2D eigenvalue weighted by Crippen LogP contribution is 2.37. The average Bonchev–Trinajstić information content (AvgIpc) is 2.88. The molecule has 1 unspecified atom stereocenters. The summed E-state index contributed by atoms with van der Waals surface area (Å²) in [5.41, 5.74) is 1.62. The number of hydrogen-bond acceptors (Lipinski definition) is 4. The lowest BCUT2D eigenvalue weighted by molar-refractivity contribution is -0.0257. The topological polar surface area (TPSA) is 36.9 Å². The van der Waals surface area contributed by atoms with Crippen molar-refractivity contribution in [3.63, 3.8) is 0 Å². The highest BCUT2D eigenvalue weighted by molar-refractivity contribution is 6.32. The highest BCUT2D eigenvalue weighted by Gasteiger charge is 2.27. The van der Waals surface area contributed by atoms with Crippen LogP contribution in [0.15, 0.2) is 97.1 Å². The predicted octanol–water partition coefficient (Wildman–Crippen LogP) is 8.01. The molecule has 6 heteroatoms. The largest absolute Gasteiger partial charge is 0.497 e. The number of halogens is 2. The third kappa shape index (κ3) is 6.53. The molecule has 0 amide bonds. The smallest absolute Gasteiger partial charge is 0.153 e. The Morgan fingerprint density at radius 3 is 2.23 bits per heavy atom. The van der Waals surface area contributed by atoms with Crippen LogP contribution in [-0.4, -0.2) is 13.2 Å². The Balaban J connectivity index is 1.64. The van der Waals surface area contributed by atoms with Gasteiger partial charge in [0.15, 0.2) is 6.10 Å². The molecule has 4 rings (SSSR count). The minimum absolute atomic E-state index is 0.341. The van der Waals surface area contributed by atoms with E-state index < -0.39 is 18.0 Å². The summed E-state index contributed by atoms with van der Waals surface area (Å²) < 4.78 is 38.1. The summed E-state index contributed by atoms with van der Waals surface area (Å²) in [6.07, 6.45) is -1.07. The van der Waals surface area contributed by atoms with Crippen LogP contribution in [-0.2, 0) is 11.3 Å². The maximum atomic E-state index is 14.3. The molecule has 4 nitrogen and oxygen atoms in total. The SMILES string of the molecule is COc1ccc(COC(C)[C@H](Oc2ccccc2Cl)c2ccc(F)cc2Oc2ccccc2)cc1. The van der Waals surface area contributed by atoms with Crippen molar-refractivity contribution in [3.05, 3.63) is 119 Å². The number of methoxy groups -OCH3 is 1. The fraction of sp³-hybridized carbons (Fsp3) is 0.172. The number of rotatable bonds is 10. The molecule has 0 fully saturated rings. The van der Waals surface area contributed by atoms with Gasteiger partial charge in [-0.1, -0.05) is 54.1 Å². The molecule has 35 heavy (non-hydrogen) atoms. The minimum atomic E-state index is -0.632. The van der Waals surface area contributed by atoms with Crippen molar-refractivity contribution in [2.45, 2.75) is 25.7 Å². The number of para-hydroxylation sites is 2. The molecule has 0 spiro atoms. The summed E-state index contributed by atoms with van der Waals surface area (Å²) in [6, 6.07) is 28.4. The van der Waals surface area contributed by atoms with Crippen LogP contribution in [0.5, 0.6) is 23.0 Å². The summed E-state index contributed by atoms with van der Waals surface area (Å²) in [5.74, 6) is 1.78. The average molecular weight is 493 g/mol. The van der Waals surface area contributed by atoms with E-state index in [1.165, 1.54) is 12.1 Å². The van der Waals surface area contributed by atoms with Crippen LogP contribution in [0, 0.1) is 5.82 Å². The van der Waals surface area contributed by atoms with Gasteiger partial charge in [-0.25, -0.2) is 4.39 Å². The van der Waals surface area contributed by atoms with E-state index in [0.29, 0.717) is 34.4 Å². The normalized spacial score (nSPS) is 12.6. The van der Waals surface area contributed by atoms with E-state index in [2.05, 4.69) is 0 Å². The molecule has 0 saturated carbocycles. The van der Waals surface area contributed by atoms with Crippen molar-refractivity contribution in [3.8, 4) is 23.0 Å². The first-order valence-electron chi connectivity index (χ1n) is 11.2. The zero-order chi connectivity index (χ0) is 24.6. The third-order valence-corrected chi connectivity index (χ3v) is 5.75. The molecular weight excluding hydrogens is 467 g/mol. The van der Waals surface area contributed by atoms with Gasteiger partial charge in [0.2, 0.25) is 0 Å². The van der Waals surface area contributed by atoms with Gasteiger partial charge >= 0.3 is 0 Å². The molecule has 180 valence electrons. The van der Waals surface area contributed by atoms with Gasteiger partial charge in [0.05, 0.1) is 24.8 Å². The second kappa shape index (κ2) is 11.7. The number of ether oxygens (including phenoxy) is 4. The van der Waals surface area contributed by atoms with Crippen molar-refractivity contribution in [1.82, 2.24) is 0 Å². The molecule has 0 N–H and O–H groups in total. The Kier molecular flexibility index (Phi) is 8.24. The first-order chi connectivity index (χ1) is 17.0. The van der Waals surface area contributed by atoms with Gasteiger partial charge in [0, 0.05) is 11.6 Å². The van der Waals surface area contributed by atoms with E-state index >= 15 is 0 Å². The van der Waals surface area contributed by atoms with E-state index in [1.807, 2.05) is 73.7 Å². The minimum Gasteiger partial charge on any atom is -0.497 e. The monoisotopic (exact) mass is 492 g/mol. The Morgan fingerprint density at radius 2 is 1.51 bits per heavy atom. The first kappa shape index (κ1) is 24.6. The second-order valence-corrected chi connectivity index (χ2v) is 8.34. The molecule has 0 heterocycles. The molecule has 0 aliphatic rings. The van der Waals surface area contributed by atoms with Crippen LogP contribution < -0.4 is 14.2 Å². The quantitative estimate of drug-likeness (QED) is 0.225. The van der Waals surface area contributed by atoms with Crippen LogP contribution >= 0.6 is 11.6 Å². The van der Waals surface area contributed by atoms with Crippen LogP contribution in [0.2, 0.25) is 5.02 Å². The Hall–Kier alpha value is -3.54. The van der Waals surface area contributed by atoms with Crippen LogP contribution in [0.25, 0.3) is 0 Å².